The third-order valence-electron chi connectivity index (χ3n) is 3.90. The molecule has 1 fully saturated rings. The zero-order chi connectivity index (χ0) is 14.7. The van der Waals surface area contributed by atoms with Gasteiger partial charge in [0.15, 0.2) is 0 Å². The Bertz CT molecular complexity index is 246. The van der Waals surface area contributed by atoms with E-state index in [1.165, 1.54) is 45.7 Å². The Hall–Kier alpha value is 0.610. The van der Waals surface area contributed by atoms with Gasteiger partial charge in [0.25, 0.3) is 0 Å². The molecule has 0 aliphatic carbocycles. The van der Waals surface area contributed by atoms with Crippen molar-refractivity contribution >= 4 is 22.6 Å². The zero-order valence-electron chi connectivity index (χ0n) is 13.7. The van der Waals surface area contributed by atoms with Gasteiger partial charge in [0, 0.05) is 38.3 Å². The zero-order valence-corrected chi connectivity index (χ0v) is 15.8. The molecule has 0 aromatic rings. The summed E-state index contributed by atoms with van der Waals surface area (Å²) >= 11 is 2.57. The quantitative estimate of drug-likeness (QED) is 0.412. The molecular weight excluding hydrogens is 349 g/mol. The molecule has 114 valence electrons. The molecule has 0 N–H and O–H groups in total. The Balaban J connectivity index is 2.37. The molecule has 19 heavy (non-hydrogen) atoms. The molecule has 0 saturated carbocycles. The third-order valence-corrected chi connectivity index (χ3v) is 4.49. The highest BCUT2D eigenvalue weighted by Crippen LogP contribution is 2.30. The average Bonchev–Trinajstić information content (AvgIpc) is 2.23. The Morgan fingerprint density at radius 2 is 1.53 bits per heavy atom. The summed E-state index contributed by atoms with van der Waals surface area (Å²) in [7, 11) is 2.22. The molecule has 1 saturated heterocycles. The fourth-order valence-electron chi connectivity index (χ4n) is 2.92. The van der Waals surface area contributed by atoms with E-state index in [-0.39, 0.29) is 9.08 Å². The Morgan fingerprint density at radius 3 is 1.95 bits per heavy atom. The summed E-state index contributed by atoms with van der Waals surface area (Å²) in [5, 5.41) is 0. The molecule has 3 nitrogen and oxygen atoms in total. The second-order valence-electron chi connectivity index (χ2n) is 7.23. The summed E-state index contributed by atoms with van der Waals surface area (Å²) in [4.78, 5) is 7.66. The molecule has 0 aromatic heterocycles. The van der Waals surface area contributed by atoms with Crippen molar-refractivity contribution < 1.29 is 0 Å². The van der Waals surface area contributed by atoms with Crippen LogP contribution in [0.1, 0.15) is 41.0 Å². The smallest absolute Gasteiger partial charge is 0.0677 e. The van der Waals surface area contributed by atoms with Crippen molar-refractivity contribution in [1.29, 1.82) is 0 Å². The van der Waals surface area contributed by atoms with Crippen LogP contribution >= 0.6 is 22.6 Å². The SMILES string of the molecule is CN1CCN(CCCN(C(C)(C)C)C(C)(C)I)CC1. The van der Waals surface area contributed by atoms with Crippen LogP contribution in [0.25, 0.3) is 0 Å². The minimum Gasteiger partial charge on any atom is -0.304 e. The van der Waals surface area contributed by atoms with Crippen molar-refractivity contribution in [1.82, 2.24) is 14.7 Å². The first-order chi connectivity index (χ1) is 8.60. The van der Waals surface area contributed by atoms with Crippen molar-refractivity contribution in [2.75, 3.05) is 46.3 Å². The summed E-state index contributed by atoms with van der Waals surface area (Å²) in [5.74, 6) is 0. The molecule has 1 aliphatic heterocycles. The molecule has 1 heterocycles. The first-order valence-corrected chi connectivity index (χ1v) is 8.56. The van der Waals surface area contributed by atoms with Crippen molar-refractivity contribution in [2.45, 2.75) is 50.1 Å². The second-order valence-corrected chi connectivity index (χ2v) is 9.87. The van der Waals surface area contributed by atoms with E-state index >= 15 is 0 Å². The van der Waals surface area contributed by atoms with Crippen LogP contribution in [0.5, 0.6) is 0 Å². The maximum absolute atomic E-state index is 2.62. The van der Waals surface area contributed by atoms with Gasteiger partial charge in [-0.25, -0.2) is 0 Å². The Labute approximate surface area is 133 Å². The van der Waals surface area contributed by atoms with Gasteiger partial charge in [-0.2, -0.15) is 0 Å². The average molecular weight is 381 g/mol. The maximum atomic E-state index is 2.62. The molecule has 0 radical (unpaired) electrons. The molecule has 0 amide bonds. The number of hydrogen-bond donors (Lipinski definition) is 0. The number of halogens is 1. The number of piperazine rings is 1. The van der Waals surface area contributed by atoms with Gasteiger partial charge in [-0.05, 0) is 54.6 Å². The predicted molar refractivity (Wildman–Crippen MR) is 93.1 cm³/mol. The maximum Gasteiger partial charge on any atom is 0.0677 e. The van der Waals surface area contributed by atoms with Crippen molar-refractivity contribution in [3.8, 4) is 0 Å². The fraction of sp³-hybridized carbons (Fsp3) is 1.00. The van der Waals surface area contributed by atoms with E-state index in [4.69, 9.17) is 0 Å². The number of nitrogens with zero attached hydrogens (tertiary/aromatic N) is 3. The van der Waals surface area contributed by atoms with Gasteiger partial charge in [0.05, 0.1) is 3.55 Å². The normalized spacial score (nSPS) is 20.2. The van der Waals surface area contributed by atoms with Gasteiger partial charge in [-0.3, -0.25) is 4.90 Å². The van der Waals surface area contributed by atoms with E-state index in [9.17, 15) is 0 Å². The van der Waals surface area contributed by atoms with E-state index in [0.717, 1.165) is 0 Å². The minimum atomic E-state index is 0.220. The first kappa shape index (κ1) is 17.7. The standard InChI is InChI=1S/C15H32IN3/c1-14(2,3)19(15(4,5)16)9-7-8-18-12-10-17(6)11-13-18/h7-13H2,1-6H3. The summed E-state index contributed by atoms with van der Waals surface area (Å²) in [6.45, 7) is 18.9. The highest BCUT2D eigenvalue weighted by molar-refractivity contribution is 14.1. The third kappa shape index (κ3) is 6.27. The van der Waals surface area contributed by atoms with Gasteiger partial charge < -0.3 is 9.80 Å². The molecule has 0 atom stereocenters. The second kappa shape index (κ2) is 7.05. The molecule has 0 aromatic carbocycles. The molecule has 0 bridgehead atoms. The summed E-state index contributed by atoms with van der Waals surface area (Å²) in [6.07, 6.45) is 1.27. The Morgan fingerprint density at radius 1 is 1.00 bits per heavy atom. The van der Waals surface area contributed by atoms with Crippen LogP contribution in [0.3, 0.4) is 0 Å². The van der Waals surface area contributed by atoms with E-state index < -0.39 is 0 Å². The summed E-state index contributed by atoms with van der Waals surface area (Å²) in [5.41, 5.74) is 0.243. The lowest BCUT2D eigenvalue weighted by molar-refractivity contribution is 0.0789. The van der Waals surface area contributed by atoms with Crippen LogP contribution < -0.4 is 0 Å². The number of hydrogen-bond acceptors (Lipinski definition) is 3. The van der Waals surface area contributed by atoms with Gasteiger partial charge in [-0.15, -0.1) is 0 Å². The van der Waals surface area contributed by atoms with Gasteiger partial charge >= 0.3 is 0 Å². The number of alkyl halides is 1. The topological polar surface area (TPSA) is 9.72 Å². The van der Waals surface area contributed by atoms with Crippen LogP contribution in [0.2, 0.25) is 0 Å². The van der Waals surface area contributed by atoms with Gasteiger partial charge in [0.1, 0.15) is 0 Å². The van der Waals surface area contributed by atoms with E-state index in [2.05, 4.69) is 79.0 Å². The van der Waals surface area contributed by atoms with Gasteiger partial charge in [0.2, 0.25) is 0 Å². The van der Waals surface area contributed by atoms with E-state index in [1.54, 1.807) is 0 Å². The predicted octanol–water partition coefficient (Wildman–Crippen LogP) is 2.90. The fourth-order valence-corrected chi connectivity index (χ4v) is 3.89. The largest absolute Gasteiger partial charge is 0.304 e. The first-order valence-electron chi connectivity index (χ1n) is 7.48. The lowest BCUT2D eigenvalue weighted by Gasteiger charge is -2.44. The molecule has 1 rings (SSSR count). The summed E-state index contributed by atoms with van der Waals surface area (Å²) in [6, 6.07) is 0. The van der Waals surface area contributed by atoms with Crippen LogP contribution in [0.15, 0.2) is 0 Å². The van der Waals surface area contributed by atoms with E-state index in [0.29, 0.717) is 0 Å². The van der Waals surface area contributed by atoms with E-state index in [1.807, 2.05) is 0 Å². The van der Waals surface area contributed by atoms with Crippen LogP contribution in [-0.4, -0.2) is 70.1 Å². The van der Waals surface area contributed by atoms with Crippen LogP contribution in [0.4, 0.5) is 0 Å². The number of likely N-dealkylation sites (N-methyl/N-ethyl adjacent to an activating group) is 1. The van der Waals surface area contributed by atoms with Crippen molar-refractivity contribution in [3.63, 3.8) is 0 Å². The highest BCUT2D eigenvalue weighted by Gasteiger charge is 2.32. The van der Waals surface area contributed by atoms with Crippen molar-refractivity contribution in [2.24, 2.45) is 0 Å². The van der Waals surface area contributed by atoms with Crippen LogP contribution in [-0.2, 0) is 0 Å². The monoisotopic (exact) mass is 381 g/mol. The molecule has 1 aliphatic rings. The summed E-state index contributed by atoms with van der Waals surface area (Å²) < 4.78 is 0.220. The van der Waals surface area contributed by atoms with Crippen LogP contribution in [0, 0.1) is 0 Å². The highest BCUT2D eigenvalue weighted by atomic mass is 127. The molecule has 0 unspecified atom stereocenters. The number of rotatable bonds is 5. The molecule has 0 spiro atoms. The molecular formula is C15H32IN3. The lowest BCUT2D eigenvalue weighted by Crippen LogP contribution is -2.52. The minimum absolute atomic E-state index is 0.220. The Kier molecular flexibility index (Phi) is 6.55. The molecule has 4 heteroatoms. The van der Waals surface area contributed by atoms with Crippen molar-refractivity contribution in [3.05, 3.63) is 0 Å². The van der Waals surface area contributed by atoms with Gasteiger partial charge in [-0.1, -0.05) is 22.6 Å². The lowest BCUT2D eigenvalue weighted by atomic mass is 10.0.